The van der Waals surface area contributed by atoms with Crippen LogP contribution in [0.2, 0.25) is 5.02 Å². The molecule has 0 saturated heterocycles. The Kier molecular flexibility index (Phi) is 10.7. The maximum Gasteiger partial charge on any atom is 0.306 e. The Labute approximate surface area is 266 Å². The Bertz CT molecular complexity index is 1480. The summed E-state index contributed by atoms with van der Waals surface area (Å²) in [5.74, 6) is -2.24. The lowest BCUT2D eigenvalue weighted by Gasteiger charge is -2.23. The van der Waals surface area contributed by atoms with Crippen molar-refractivity contribution < 1.29 is 48.3 Å². The normalized spacial score (nSPS) is 16.4. The lowest BCUT2D eigenvalue weighted by molar-refractivity contribution is -0.146. The smallest absolute Gasteiger partial charge is 0.306 e. The lowest BCUT2D eigenvalue weighted by atomic mass is 10.0. The van der Waals surface area contributed by atoms with Crippen LogP contribution in [-0.4, -0.2) is 71.2 Å². The SMILES string of the molecule is COc1cc2c(cc1OCCCOc1c(OC)cc3c(c1Cl)C(C)N(C(=O)CC(C)C(=O)O)C3)CN(C(=O)CC(C)C(=O)O)C2. The van der Waals surface area contributed by atoms with Crippen molar-refractivity contribution in [2.75, 3.05) is 27.4 Å². The predicted molar refractivity (Wildman–Crippen MR) is 163 cm³/mol. The molecule has 2 aromatic rings. The van der Waals surface area contributed by atoms with Gasteiger partial charge in [0.15, 0.2) is 23.0 Å². The summed E-state index contributed by atoms with van der Waals surface area (Å²) in [6.45, 7) is 6.44. The van der Waals surface area contributed by atoms with Crippen LogP contribution in [0.5, 0.6) is 23.0 Å². The van der Waals surface area contributed by atoms with Gasteiger partial charge in [0.25, 0.3) is 0 Å². The molecule has 0 aliphatic carbocycles. The second kappa shape index (κ2) is 14.3. The Balaban J connectivity index is 1.36. The van der Waals surface area contributed by atoms with Gasteiger partial charge in [0.05, 0.1) is 50.3 Å². The molecule has 0 saturated carbocycles. The number of hydrogen-bond donors (Lipinski definition) is 2. The van der Waals surface area contributed by atoms with Crippen LogP contribution in [0.1, 0.15) is 68.3 Å². The zero-order chi connectivity index (χ0) is 33.0. The highest BCUT2D eigenvalue weighted by Gasteiger charge is 2.36. The number of nitrogens with zero attached hydrogens (tertiary/aromatic N) is 2. The number of halogens is 1. The summed E-state index contributed by atoms with van der Waals surface area (Å²) < 4.78 is 23.1. The number of carbonyl (C=O) groups excluding carboxylic acids is 2. The molecule has 4 rings (SSSR count). The Morgan fingerprint density at radius 3 is 1.93 bits per heavy atom. The van der Waals surface area contributed by atoms with Crippen LogP contribution in [0.4, 0.5) is 0 Å². The van der Waals surface area contributed by atoms with E-state index in [1.807, 2.05) is 19.1 Å². The standard InChI is InChI=1S/C32H39ClN2O10/c1-17(31(38)39)9-26(36)34-14-20-11-23(42-4)24(12-21(20)15-34)44-7-6-8-45-30-25(43-5)13-22-16-35(19(3)28(22)29(30)33)27(37)10-18(2)32(40)41/h11-13,17-19H,6-10,14-16H2,1-5H3,(H,38,39)(H,40,41). The van der Waals surface area contributed by atoms with Gasteiger partial charge in [-0.15, -0.1) is 0 Å². The number of carbonyl (C=O) groups is 4. The van der Waals surface area contributed by atoms with E-state index in [4.69, 9.17) is 35.7 Å². The second-order valence-electron chi connectivity index (χ2n) is 11.5. The number of ether oxygens (including phenoxy) is 4. The summed E-state index contributed by atoms with van der Waals surface area (Å²) in [5, 5.41) is 18.7. The maximum absolute atomic E-state index is 12.9. The van der Waals surface area contributed by atoms with Crippen LogP contribution in [0, 0.1) is 11.8 Å². The summed E-state index contributed by atoms with van der Waals surface area (Å²) in [6, 6.07) is 5.11. The number of benzene rings is 2. The molecule has 0 radical (unpaired) electrons. The first-order chi connectivity index (χ1) is 21.4. The summed E-state index contributed by atoms with van der Waals surface area (Å²) in [7, 11) is 3.04. The number of methoxy groups -OCH3 is 2. The van der Waals surface area contributed by atoms with Crippen molar-refractivity contribution in [3.8, 4) is 23.0 Å². The van der Waals surface area contributed by atoms with E-state index >= 15 is 0 Å². The summed E-state index contributed by atoms with van der Waals surface area (Å²) in [6.07, 6.45) is 0.315. The molecule has 2 heterocycles. The third-order valence-electron chi connectivity index (χ3n) is 8.24. The molecule has 45 heavy (non-hydrogen) atoms. The first kappa shape index (κ1) is 33.7. The maximum atomic E-state index is 12.9. The monoisotopic (exact) mass is 646 g/mol. The number of rotatable bonds is 14. The second-order valence-corrected chi connectivity index (χ2v) is 11.8. The zero-order valence-corrected chi connectivity index (χ0v) is 26.8. The fourth-order valence-corrected chi connectivity index (χ4v) is 5.96. The van der Waals surface area contributed by atoms with E-state index in [1.54, 1.807) is 15.9 Å². The Morgan fingerprint density at radius 2 is 1.36 bits per heavy atom. The first-order valence-electron chi connectivity index (χ1n) is 14.7. The molecule has 2 aliphatic rings. The third-order valence-corrected chi connectivity index (χ3v) is 8.61. The van der Waals surface area contributed by atoms with Crippen molar-refractivity contribution in [1.82, 2.24) is 9.80 Å². The molecule has 13 heteroatoms. The third kappa shape index (κ3) is 7.38. The van der Waals surface area contributed by atoms with Crippen molar-refractivity contribution in [3.05, 3.63) is 45.5 Å². The summed E-state index contributed by atoms with van der Waals surface area (Å²) >= 11 is 6.80. The molecule has 0 bridgehead atoms. The molecule has 0 fully saturated rings. The van der Waals surface area contributed by atoms with Crippen LogP contribution in [0.15, 0.2) is 18.2 Å². The predicted octanol–water partition coefficient (Wildman–Crippen LogP) is 4.67. The van der Waals surface area contributed by atoms with Gasteiger partial charge in [-0.25, -0.2) is 0 Å². The van der Waals surface area contributed by atoms with Crippen LogP contribution in [0.25, 0.3) is 0 Å². The summed E-state index contributed by atoms with van der Waals surface area (Å²) in [4.78, 5) is 51.1. The van der Waals surface area contributed by atoms with Crippen LogP contribution in [-0.2, 0) is 38.8 Å². The van der Waals surface area contributed by atoms with Crippen molar-refractivity contribution >= 4 is 35.4 Å². The van der Waals surface area contributed by atoms with E-state index in [0.29, 0.717) is 60.7 Å². The largest absolute Gasteiger partial charge is 0.493 e. The van der Waals surface area contributed by atoms with Gasteiger partial charge in [-0.3, -0.25) is 19.2 Å². The molecular weight excluding hydrogens is 608 g/mol. The van der Waals surface area contributed by atoms with Gasteiger partial charge in [0.2, 0.25) is 11.8 Å². The fourth-order valence-electron chi connectivity index (χ4n) is 5.54. The van der Waals surface area contributed by atoms with E-state index in [-0.39, 0.29) is 37.3 Å². The van der Waals surface area contributed by atoms with Crippen molar-refractivity contribution in [3.63, 3.8) is 0 Å². The number of carboxylic acid groups (broad SMARTS) is 2. The van der Waals surface area contributed by atoms with Crippen molar-refractivity contribution in [2.45, 2.75) is 65.7 Å². The average Bonchev–Trinajstić information content (AvgIpc) is 3.57. The molecule has 3 unspecified atom stereocenters. The number of amides is 2. The van der Waals surface area contributed by atoms with Gasteiger partial charge in [-0.2, -0.15) is 0 Å². The highest BCUT2D eigenvalue weighted by atomic mass is 35.5. The number of carboxylic acids is 2. The molecular formula is C32H39ClN2O10. The van der Waals surface area contributed by atoms with Crippen LogP contribution in [0.3, 0.4) is 0 Å². The molecule has 2 N–H and O–H groups in total. The molecule has 0 aromatic heterocycles. The van der Waals surface area contributed by atoms with E-state index in [1.165, 1.54) is 28.1 Å². The van der Waals surface area contributed by atoms with Gasteiger partial charge in [0, 0.05) is 44.5 Å². The number of aliphatic carboxylic acids is 2. The highest BCUT2D eigenvalue weighted by Crippen LogP contribution is 2.47. The van der Waals surface area contributed by atoms with Crippen LogP contribution >= 0.6 is 11.6 Å². The molecule has 2 amide bonds. The first-order valence-corrected chi connectivity index (χ1v) is 15.1. The molecule has 2 aromatic carbocycles. The number of fused-ring (bicyclic) bond motifs is 2. The number of hydrogen-bond acceptors (Lipinski definition) is 8. The average molecular weight is 647 g/mol. The zero-order valence-electron chi connectivity index (χ0n) is 26.1. The molecule has 3 atom stereocenters. The minimum absolute atomic E-state index is 0.0653. The van der Waals surface area contributed by atoms with Gasteiger partial charge in [0.1, 0.15) is 0 Å². The minimum Gasteiger partial charge on any atom is -0.493 e. The van der Waals surface area contributed by atoms with E-state index in [9.17, 15) is 24.3 Å². The van der Waals surface area contributed by atoms with Crippen LogP contribution < -0.4 is 18.9 Å². The Morgan fingerprint density at radius 1 is 0.822 bits per heavy atom. The van der Waals surface area contributed by atoms with E-state index in [2.05, 4.69) is 0 Å². The fraction of sp³-hybridized carbons (Fsp3) is 0.500. The Hall–Kier alpha value is -4.19. The van der Waals surface area contributed by atoms with Gasteiger partial charge in [-0.05, 0) is 41.8 Å². The van der Waals surface area contributed by atoms with Crippen molar-refractivity contribution in [1.29, 1.82) is 0 Å². The van der Waals surface area contributed by atoms with E-state index < -0.39 is 23.8 Å². The highest BCUT2D eigenvalue weighted by molar-refractivity contribution is 6.33. The van der Waals surface area contributed by atoms with Gasteiger partial charge in [-0.1, -0.05) is 25.4 Å². The lowest BCUT2D eigenvalue weighted by Crippen LogP contribution is -2.30. The minimum atomic E-state index is -1.02. The van der Waals surface area contributed by atoms with Gasteiger partial charge < -0.3 is 39.0 Å². The molecule has 0 spiro atoms. The molecule has 12 nitrogen and oxygen atoms in total. The van der Waals surface area contributed by atoms with Gasteiger partial charge >= 0.3 is 11.9 Å². The van der Waals surface area contributed by atoms with E-state index in [0.717, 1.165) is 22.3 Å². The molecule has 244 valence electrons. The topological polar surface area (TPSA) is 152 Å². The molecule has 2 aliphatic heterocycles. The quantitative estimate of drug-likeness (QED) is 0.277. The summed E-state index contributed by atoms with van der Waals surface area (Å²) in [5.41, 5.74) is 3.39. The van der Waals surface area contributed by atoms with Crippen molar-refractivity contribution in [2.24, 2.45) is 11.8 Å².